The van der Waals surface area contributed by atoms with Crippen LogP contribution in [0.15, 0.2) is 46.9 Å². The van der Waals surface area contributed by atoms with Crippen LogP contribution in [0.3, 0.4) is 0 Å². The molecule has 2 aromatic rings. The average molecular weight is 346 g/mol. The number of benzene rings is 2. The molecule has 0 aliphatic rings. The molecule has 2 aromatic carbocycles. The standard InChI is InChI=1S/C19H24BrN/c1-13(2)16-7-9-17(10-8-16)15(4)21-12-18-6-5-14(3)11-19(18)20/h5-11,13,15,21H,12H2,1-4H3. The van der Waals surface area contributed by atoms with Crippen LogP contribution in [0.4, 0.5) is 0 Å². The Bertz CT molecular complexity index is 587. The van der Waals surface area contributed by atoms with Crippen molar-refractivity contribution in [2.75, 3.05) is 0 Å². The fraction of sp³-hybridized carbons (Fsp3) is 0.368. The average Bonchev–Trinajstić information content (AvgIpc) is 2.46. The van der Waals surface area contributed by atoms with Crippen molar-refractivity contribution in [3.05, 3.63) is 69.2 Å². The second kappa shape index (κ2) is 7.24. The summed E-state index contributed by atoms with van der Waals surface area (Å²) in [5.74, 6) is 0.589. The van der Waals surface area contributed by atoms with Crippen LogP contribution >= 0.6 is 15.9 Å². The van der Waals surface area contributed by atoms with E-state index in [2.05, 4.69) is 91.4 Å². The van der Waals surface area contributed by atoms with E-state index in [1.165, 1.54) is 26.7 Å². The zero-order chi connectivity index (χ0) is 15.4. The van der Waals surface area contributed by atoms with Gasteiger partial charge in [-0.2, -0.15) is 0 Å². The van der Waals surface area contributed by atoms with Gasteiger partial charge in [0.05, 0.1) is 0 Å². The van der Waals surface area contributed by atoms with Crippen LogP contribution < -0.4 is 5.32 Å². The lowest BCUT2D eigenvalue weighted by Gasteiger charge is -2.16. The van der Waals surface area contributed by atoms with E-state index in [0.29, 0.717) is 12.0 Å². The normalized spacial score (nSPS) is 12.7. The van der Waals surface area contributed by atoms with Crippen LogP contribution in [-0.4, -0.2) is 0 Å². The Morgan fingerprint density at radius 3 is 2.14 bits per heavy atom. The van der Waals surface area contributed by atoms with Crippen molar-refractivity contribution in [2.24, 2.45) is 0 Å². The van der Waals surface area contributed by atoms with E-state index in [9.17, 15) is 0 Å². The van der Waals surface area contributed by atoms with Gasteiger partial charge < -0.3 is 5.32 Å². The van der Waals surface area contributed by atoms with Gasteiger partial charge in [0.2, 0.25) is 0 Å². The van der Waals surface area contributed by atoms with Gasteiger partial charge in [0.1, 0.15) is 0 Å². The summed E-state index contributed by atoms with van der Waals surface area (Å²) >= 11 is 3.64. The number of halogens is 1. The van der Waals surface area contributed by atoms with E-state index in [1.807, 2.05) is 0 Å². The maximum atomic E-state index is 3.64. The molecule has 0 fully saturated rings. The highest BCUT2D eigenvalue weighted by Gasteiger charge is 2.07. The molecule has 2 heteroatoms. The molecule has 0 aliphatic heterocycles. The van der Waals surface area contributed by atoms with Crippen molar-refractivity contribution >= 4 is 15.9 Å². The SMILES string of the molecule is Cc1ccc(CNC(C)c2ccc(C(C)C)cc2)c(Br)c1. The minimum absolute atomic E-state index is 0.347. The molecule has 2 rings (SSSR count). The highest BCUT2D eigenvalue weighted by atomic mass is 79.9. The molecule has 0 radical (unpaired) electrons. The van der Waals surface area contributed by atoms with E-state index in [-0.39, 0.29) is 0 Å². The number of hydrogen-bond donors (Lipinski definition) is 1. The van der Waals surface area contributed by atoms with Crippen molar-refractivity contribution in [3.8, 4) is 0 Å². The van der Waals surface area contributed by atoms with E-state index in [0.717, 1.165) is 6.54 Å². The quantitative estimate of drug-likeness (QED) is 0.729. The summed E-state index contributed by atoms with van der Waals surface area (Å²) in [6.07, 6.45) is 0. The molecule has 0 saturated carbocycles. The summed E-state index contributed by atoms with van der Waals surface area (Å²) < 4.78 is 1.18. The van der Waals surface area contributed by atoms with Crippen molar-refractivity contribution in [1.82, 2.24) is 5.32 Å². The number of aryl methyl sites for hydroxylation is 1. The van der Waals surface area contributed by atoms with Gasteiger partial charge in [-0.05, 0) is 48.1 Å². The Balaban J connectivity index is 1.99. The summed E-state index contributed by atoms with van der Waals surface area (Å²) in [7, 11) is 0. The maximum absolute atomic E-state index is 3.64. The van der Waals surface area contributed by atoms with Crippen LogP contribution in [-0.2, 0) is 6.54 Å². The summed E-state index contributed by atoms with van der Waals surface area (Å²) in [6.45, 7) is 9.65. The first-order valence-corrected chi connectivity index (χ1v) is 8.35. The molecule has 0 spiro atoms. The van der Waals surface area contributed by atoms with Gasteiger partial charge >= 0.3 is 0 Å². The highest BCUT2D eigenvalue weighted by Crippen LogP contribution is 2.21. The molecule has 21 heavy (non-hydrogen) atoms. The fourth-order valence-corrected chi connectivity index (χ4v) is 2.98. The Labute approximate surface area is 136 Å². The van der Waals surface area contributed by atoms with Crippen molar-refractivity contribution < 1.29 is 0 Å². The zero-order valence-electron chi connectivity index (χ0n) is 13.3. The largest absolute Gasteiger partial charge is 0.306 e. The molecule has 1 nitrogen and oxygen atoms in total. The van der Waals surface area contributed by atoms with Gasteiger partial charge in [0, 0.05) is 17.1 Å². The second-order valence-corrected chi connectivity index (χ2v) is 6.87. The molecule has 0 heterocycles. The van der Waals surface area contributed by atoms with Gasteiger partial charge in [-0.1, -0.05) is 66.2 Å². The first kappa shape index (κ1) is 16.3. The molecule has 0 amide bonds. The third-order valence-corrected chi connectivity index (χ3v) is 4.65. The minimum atomic E-state index is 0.347. The number of hydrogen-bond acceptors (Lipinski definition) is 1. The first-order valence-electron chi connectivity index (χ1n) is 7.55. The Morgan fingerprint density at radius 2 is 1.57 bits per heavy atom. The zero-order valence-corrected chi connectivity index (χ0v) is 14.9. The topological polar surface area (TPSA) is 12.0 Å². The van der Waals surface area contributed by atoms with Gasteiger partial charge in [0.15, 0.2) is 0 Å². The van der Waals surface area contributed by atoms with E-state index < -0.39 is 0 Å². The first-order chi connectivity index (χ1) is 9.97. The van der Waals surface area contributed by atoms with Gasteiger partial charge in [-0.25, -0.2) is 0 Å². The molecular weight excluding hydrogens is 322 g/mol. The van der Waals surface area contributed by atoms with Crippen LogP contribution in [0.2, 0.25) is 0 Å². The van der Waals surface area contributed by atoms with Gasteiger partial charge in [-0.3, -0.25) is 0 Å². The summed E-state index contributed by atoms with van der Waals surface area (Å²) in [6, 6.07) is 15.8. The molecule has 0 aromatic heterocycles. The Morgan fingerprint density at radius 1 is 0.952 bits per heavy atom. The van der Waals surface area contributed by atoms with Crippen molar-refractivity contribution in [1.29, 1.82) is 0 Å². The van der Waals surface area contributed by atoms with Crippen LogP contribution in [0.5, 0.6) is 0 Å². The Kier molecular flexibility index (Phi) is 5.60. The molecule has 112 valence electrons. The van der Waals surface area contributed by atoms with Crippen molar-refractivity contribution in [3.63, 3.8) is 0 Å². The molecule has 1 N–H and O–H groups in total. The monoisotopic (exact) mass is 345 g/mol. The number of nitrogens with one attached hydrogen (secondary N) is 1. The smallest absolute Gasteiger partial charge is 0.0294 e. The molecular formula is C19H24BrN. The van der Waals surface area contributed by atoms with Gasteiger partial charge in [0.25, 0.3) is 0 Å². The molecule has 1 unspecified atom stereocenters. The predicted octanol–water partition coefficient (Wildman–Crippen LogP) is 5.73. The summed E-state index contributed by atoms with van der Waals surface area (Å²) in [4.78, 5) is 0. The number of rotatable bonds is 5. The third-order valence-electron chi connectivity index (χ3n) is 3.91. The summed E-state index contributed by atoms with van der Waals surface area (Å²) in [5, 5.41) is 3.59. The minimum Gasteiger partial charge on any atom is -0.306 e. The lowest BCUT2D eigenvalue weighted by atomic mass is 9.99. The van der Waals surface area contributed by atoms with Crippen LogP contribution in [0, 0.1) is 6.92 Å². The summed E-state index contributed by atoms with van der Waals surface area (Å²) in [5.41, 5.74) is 5.31. The van der Waals surface area contributed by atoms with E-state index >= 15 is 0 Å². The van der Waals surface area contributed by atoms with E-state index in [4.69, 9.17) is 0 Å². The van der Waals surface area contributed by atoms with E-state index in [1.54, 1.807) is 0 Å². The molecule has 0 aliphatic carbocycles. The third kappa shape index (κ3) is 4.42. The lowest BCUT2D eigenvalue weighted by molar-refractivity contribution is 0.573. The lowest BCUT2D eigenvalue weighted by Crippen LogP contribution is -2.18. The second-order valence-electron chi connectivity index (χ2n) is 6.02. The van der Waals surface area contributed by atoms with Crippen LogP contribution in [0.25, 0.3) is 0 Å². The Hall–Kier alpha value is -1.12. The predicted molar refractivity (Wildman–Crippen MR) is 94.7 cm³/mol. The van der Waals surface area contributed by atoms with Crippen molar-refractivity contribution in [2.45, 2.75) is 46.2 Å². The molecule has 1 atom stereocenters. The van der Waals surface area contributed by atoms with Gasteiger partial charge in [-0.15, -0.1) is 0 Å². The maximum Gasteiger partial charge on any atom is 0.0294 e. The van der Waals surface area contributed by atoms with Crippen LogP contribution in [0.1, 0.15) is 55.0 Å². The fourth-order valence-electron chi connectivity index (χ4n) is 2.35. The molecule has 0 saturated heterocycles. The highest BCUT2D eigenvalue weighted by molar-refractivity contribution is 9.10. The molecule has 0 bridgehead atoms.